The van der Waals surface area contributed by atoms with Crippen LogP contribution in [0.25, 0.3) is 33.0 Å². The molecule has 1 spiro atoms. The molecule has 31 heavy (non-hydrogen) atoms. The van der Waals surface area contributed by atoms with E-state index in [2.05, 4.69) is 30.1 Å². The molecule has 0 aliphatic heterocycles. The molecule has 0 amide bonds. The van der Waals surface area contributed by atoms with Gasteiger partial charge < -0.3 is 9.52 Å². The second kappa shape index (κ2) is 7.01. The minimum atomic E-state index is -0.469. The maximum Gasteiger partial charge on any atom is 0.417 e. The Bertz CT molecular complexity index is 1370. The van der Waals surface area contributed by atoms with Gasteiger partial charge in [0.15, 0.2) is 5.58 Å². The molecule has 4 heteroatoms. The number of phenols is 1. The number of aromatic amines is 1. The molecule has 1 saturated carbocycles. The van der Waals surface area contributed by atoms with Gasteiger partial charge in [-0.1, -0.05) is 63.3 Å². The Labute approximate surface area is 181 Å². The standard InChI is InChI=1S/C26H25NO3.CH4/c1-15-7-8-16-19(11-15)26(9-5-3-2-4-6-10-26)20-14-22(28)17-12-21-23(30-25(29)27-21)13-18(17)24(16)20;/h7-8,11-14,28H,2-6,9-10H2,1H3,(H,27,29);1H4. The van der Waals surface area contributed by atoms with E-state index in [1.165, 1.54) is 59.9 Å². The third kappa shape index (κ3) is 2.77. The third-order valence-electron chi connectivity index (χ3n) is 7.34. The number of aromatic hydroxyl groups is 1. The van der Waals surface area contributed by atoms with Crippen molar-refractivity contribution in [3.05, 3.63) is 63.6 Å². The summed E-state index contributed by atoms with van der Waals surface area (Å²) in [7, 11) is 0. The van der Waals surface area contributed by atoms with Crippen molar-refractivity contribution in [2.45, 2.75) is 64.7 Å². The maximum atomic E-state index is 11.8. The number of phenolic OH excluding ortho intramolecular Hbond substituents is 1. The number of rotatable bonds is 0. The molecule has 1 fully saturated rings. The van der Waals surface area contributed by atoms with Gasteiger partial charge in [-0.3, -0.25) is 4.98 Å². The second-order valence-corrected chi connectivity index (χ2v) is 9.13. The fourth-order valence-corrected chi connectivity index (χ4v) is 5.98. The predicted octanol–water partition coefficient (Wildman–Crippen LogP) is 6.94. The molecule has 1 heterocycles. The van der Waals surface area contributed by atoms with Gasteiger partial charge in [-0.2, -0.15) is 0 Å². The van der Waals surface area contributed by atoms with E-state index in [4.69, 9.17) is 4.42 Å². The normalized spacial score (nSPS) is 17.2. The topological polar surface area (TPSA) is 66.2 Å². The lowest BCUT2D eigenvalue weighted by Crippen LogP contribution is -2.26. The van der Waals surface area contributed by atoms with Gasteiger partial charge in [-0.15, -0.1) is 0 Å². The van der Waals surface area contributed by atoms with Gasteiger partial charge in [-0.25, -0.2) is 4.79 Å². The van der Waals surface area contributed by atoms with E-state index in [0.717, 1.165) is 23.6 Å². The minimum absolute atomic E-state index is 0. The number of benzene rings is 3. The van der Waals surface area contributed by atoms with E-state index in [9.17, 15) is 9.90 Å². The lowest BCUT2D eigenvalue weighted by Gasteiger charge is -2.34. The largest absolute Gasteiger partial charge is 0.507 e. The third-order valence-corrected chi connectivity index (χ3v) is 7.34. The Balaban J connectivity index is 0.00000204. The van der Waals surface area contributed by atoms with Crippen LogP contribution < -0.4 is 5.76 Å². The van der Waals surface area contributed by atoms with Crippen LogP contribution in [0.15, 0.2) is 45.6 Å². The molecule has 0 bridgehead atoms. The van der Waals surface area contributed by atoms with E-state index < -0.39 is 5.76 Å². The fraction of sp³-hybridized carbons (Fsp3) is 0.370. The van der Waals surface area contributed by atoms with Crippen molar-refractivity contribution in [1.82, 2.24) is 4.98 Å². The Morgan fingerprint density at radius 2 is 1.68 bits per heavy atom. The number of aromatic nitrogens is 1. The zero-order valence-corrected chi connectivity index (χ0v) is 17.2. The summed E-state index contributed by atoms with van der Waals surface area (Å²) in [5.41, 5.74) is 7.49. The molecule has 0 radical (unpaired) electrons. The monoisotopic (exact) mass is 415 g/mol. The first-order valence-corrected chi connectivity index (χ1v) is 11.0. The summed E-state index contributed by atoms with van der Waals surface area (Å²) in [5, 5.41) is 12.8. The van der Waals surface area contributed by atoms with Gasteiger partial charge in [0, 0.05) is 10.8 Å². The summed E-state index contributed by atoms with van der Waals surface area (Å²) in [4.78, 5) is 14.5. The van der Waals surface area contributed by atoms with Gasteiger partial charge in [-0.05, 0) is 65.6 Å². The number of fused-ring (bicyclic) bond motifs is 8. The van der Waals surface area contributed by atoms with Crippen LogP contribution in [-0.4, -0.2) is 10.1 Å². The molecule has 0 atom stereocenters. The Hall–Kier alpha value is -3.01. The molecule has 3 aromatic carbocycles. The van der Waals surface area contributed by atoms with E-state index in [1.807, 2.05) is 18.2 Å². The summed E-state index contributed by atoms with van der Waals surface area (Å²) in [6.45, 7) is 2.16. The van der Waals surface area contributed by atoms with Crippen LogP contribution in [-0.2, 0) is 5.41 Å². The highest BCUT2D eigenvalue weighted by molar-refractivity contribution is 6.09. The Morgan fingerprint density at radius 1 is 0.935 bits per heavy atom. The molecular weight excluding hydrogens is 386 g/mol. The van der Waals surface area contributed by atoms with Crippen LogP contribution in [0.2, 0.25) is 0 Å². The van der Waals surface area contributed by atoms with E-state index in [1.54, 1.807) is 0 Å². The van der Waals surface area contributed by atoms with Crippen LogP contribution in [0, 0.1) is 6.92 Å². The number of nitrogens with one attached hydrogen (secondary N) is 1. The number of hydrogen-bond donors (Lipinski definition) is 2. The second-order valence-electron chi connectivity index (χ2n) is 9.13. The summed E-state index contributed by atoms with van der Waals surface area (Å²) < 4.78 is 5.36. The smallest absolute Gasteiger partial charge is 0.417 e. The highest BCUT2D eigenvalue weighted by Crippen LogP contribution is 2.58. The van der Waals surface area contributed by atoms with Gasteiger partial charge in [0.2, 0.25) is 0 Å². The van der Waals surface area contributed by atoms with Crippen molar-refractivity contribution < 1.29 is 9.52 Å². The molecule has 4 aromatic rings. The first-order chi connectivity index (χ1) is 14.6. The molecule has 160 valence electrons. The molecule has 6 rings (SSSR count). The summed E-state index contributed by atoms with van der Waals surface area (Å²) >= 11 is 0. The van der Waals surface area contributed by atoms with Crippen molar-refractivity contribution in [1.29, 1.82) is 0 Å². The Morgan fingerprint density at radius 3 is 2.45 bits per heavy atom. The van der Waals surface area contributed by atoms with Crippen molar-refractivity contribution in [3.8, 4) is 16.9 Å². The Kier molecular flexibility index (Phi) is 4.51. The summed E-state index contributed by atoms with van der Waals surface area (Å²) in [6, 6.07) is 12.5. The van der Waals surface area contributed by atoms with Gasteiger partial charge in [0.25, 0.3) is 0 Å². The van der Waals surface area contributed by atoms with Crippen molar-refractivity contribution >= 4 is 21.9 Å². The quantitative estimate of drug-likeness (QED) is 0.327. The molecule has 0 saturated heterocycles. The van der Waals surface area contributed by atoms with Gasteiger partial charge in [0.05, 0.1) is 5.52 Å². The van der Waals surface area contributed by atoms with Crippen molar-refractivity contribution in [2.75, 3.05) is 0 Å². The molecule has 1 aromatic heterocycles. The van der Waals surface area contributed by atoms with Crippen LogP contribution in [0.1, 0.15) is 69.1 Å². The molecule has 2 aliphatic rings. The highest BCUT2D eigenvalue weighted by atomic mass is 16.4. The van der Waals surface area contributed by atoms with E-state index in [-0.39, 0.29) is 18.6 Å². The fourth-order valence-electron chi connectivity index (χ4n) is 5.98. The summed E-state index contributed by atoms with van der Waals surface area (Å²) in [5.74, 6) is -0.192. The summed E-state index contributed by atoms with van der Waals surface area (Å²) in [6.07, 6.45) is 8.50. The predicted molar refractivity (Wildman–Crippen MR) is 126 cm³/mol. The average molecular weight is 416 g/mol. The molecular formula is C27H29NO3. The minimum Gasteiger partial charge on any atom is -0.507 e. The van der Waals surface area contributed by atoms with Crippen LogP contribution in [0.4, 0.5) is 0 Å². The number of aryl methyl sites for hydroxylation is 1. The van der Waals surface area contributed by atoms with Crippen LogP contribution >= 0.6 is 0 Å². The lowest BCUT2D eigenvalue weighted by molar-refractivity contribution is 0.372. The first-order valence-electron chi connectivity index (χ1n) is 11.0. The molecule has 4 nitrogen and oxygen atoms in total. The SMILES string of the molecule is C.Cc1ccc2c(c1)C1(CCCCCCC1)c1cc(O)c3cc4[nH]c(=O)oc4cc3c1-2. The first kappa shape index (κ1) is 19.9. The van der Waals surface area contributed by atoms with E-state index >= 15 is 0 Å². The average Bonchev–Trinajstić information content (AvgIpc) is 3.18. The maximum absolute atomic E-state index is 11.8. The molecule has 2 aliphatic carbocycles. The molecule has 2 N–H and O–H groups in total. The van der Waals surface area contributed by atoms with Crippen molar-refractivity contribution in [2.24, 2.45) is 0 Å². The number of hydrogen-bond acceptors (Lipinski definition) is 3. The molecule has 0 unspecified atom stereocenters. The van der Waals surface area contributed by atoms with E-state index in [0.29, 0.717) is 11.1 Å². The van der Waals surface area contributed by atoms with Gasteiger partial charge >= 0.3 is 5.76 Å². The number of H-pyrrole nitrogens is 1. The van der Waals surface area contributed by atoms with Crippen LogP contribution in [0.5, 0.6) is 5.75 Å². The van der Waals surface area contributed by atoms with Gasteiger partial charge in [0.1, 0.15) is 5.75 Å². The zero-order valence-electron chi connectivity index (χ0n) is 17.2. The van der Waals surface area contributed by atoms with Crippen LogP contribution in [0.3, 0.4) is 0 Å². The highest BCUT2D eigenvalue weighted by Gasteiger charge is 2.44. The number of oxazole rings is 1. The lowest BCUT2D eigenvalue weighted by atomic mass is 9.69. The van der Waals surface area contributed by atoms with Crippen molar-refractivity contribution in [3.63, 3.8) is 0 Å². The zero-order chi connectivity index (χ0) is 20.5.